The quantitative estimate of drug-likeness (QED) is 0.726. The van der Waals surface area contributed by atoms with Gasteiger partial charge in [-0.2, -0.15) is 0 Å². The zero-order chi connectivity index (χ0) is 12.3. The van der Waals surface area contributed by atoms with E-state index in [1.165, 1.54) is 11.2 Å². The minimum Gasteiger partial charge on any atom is -0.465 e. The average molecular weight is 237 g/mol. The minimum absolute atomic E-state index is 0.425. The molecular formula is C10H15N5O2. The molecule has 1 aromatic rings. The third kappa shape index (κ3) is 2.74. The van der Waals surface area contributed by atoms with Gasteiger partial charge in [-0.25, -0.2) is 14.8 Å². The fourth-order valence-electron chi connectivity index (χ4n) is 1.87. The van der Waals surface area contributed by atoms with Crippen molar-refractivity contribution in [2.45, 2.75) is 6.42 Å². The van der Waals surface area contributed by atoms with E-state index in [0.29, 0.717) is 25.5 Å². The molecule has 1 aliphatic rings. The van der Waals surface area contributed by atoms with Crippen molar-refractivity contribution in [1.82, 2.24) is 14.9 Å². The summed E-state index contributed by atoms with van der Waals surface area (Å²) in [5.74, 6) is 1.18. The summed E-state index contributed by atoms with van der Waals surface area (Å²) in [6.45, 7) is 2.45. The Morgan fingerprint density at radius 1 is 1.29 bits per heavy atom. The van der Waals surface area contributed by atoms with E-state index in [2.05, 4.69) is 9.97 Å². The lowest BCUT2D eigenvalue weighted by Crippen LogP contribution is -2.34. The zero-order valence-corrected chi connectivity index (χ0v) is 9.41. The molecule has 2 heterocycles. The molecule has 0 bridgehead atoms. The molecule has 1 aromatic heterocycles. The number of amides is 1. The van der Waals surface area contributed by atoms with Crippen LogP contribution in [0.5, 0.6) is 0 Å². The van der Waals surface area contributed by atoms with Crippen molar-refractivity contribution >= 4 is 17.7 Å². The van der Waals surface area contributed by atoms with Gasteiger partial charge >= 0.3 is 6.09 Å². The van der Waals surface area contributed by atoms with Crippen molar-refractivity contribution in [3.8, 4) is 0 Å². The smallest absolute Gasteiger partial charge is 0.407 e. The monoisotopic (exact) mass is 237 g/mol. The third-order valence-electron chi connectivity index (χ3n) is 2.76. The van der Waals surface area contributed by atoms with E-state index in [-0.39, 0.29) is 0 Å². The number of nitrogens with zero attached hydrogens (tertiary/aromatic N) is 4. The third-order valence-corrected chi connectivity index (χ3v) is 2.76. The number of nitrogen functional groups attached to an aromatic ring is 1. The molecule has 0 atom stereocenters. The highest BCUT2D eigenvalue weighted by Gasteiger charge is 2.19. The van der Waals surface area contributed by atoms with E-state index in [4.69, 9.17) is 10.8 Å². The Hall–Kier alpha value is -2.05. The molecular weight excluding hydrogens is 222 g/mol. The topological polar surface area (TPSA) is 95.6 Å². The first-order valence-electron chi connectivity index (χ1n) is 5.47. The van der Waals surface area contributed by atoms with Crippen LogP contribution in [0, 0.1) is 0 Å². The molecule has 0 aliphatic carbocycles. The molecule has 1 fully saturated rings. The SMILES string of the molecule is Nc1cc(N2CCCN(C(=O)O)CC2)ncn1. The van der Waals surface area contributed by atoms with Gasteiger partial charge in [-0.1, -0.05) is 0 Å². The van der Waals surface area contributed by atoms with E-state index >= 15 is 0 Å². The summed E-state index contributed by atoms with van der Waals surface area (Å²) in [4.78, 5) is 22.3. The molecule has 0 radical (unpaired) electrons. The highest BCUT2D eigenvalue weighted by atomic mass is 16.4. The van der Waals surface area contributed by atoms with Gasteiger partial charge in [0.1, 0.15) is 18.0 Å². The average Bonchev–Trinajstić information content (AvgIpc) is 2.54. The standard InChI is InChI=1S/C10H15N5O2/c11-8-6-9(13-7-12-8)14-2-1-3-15(5-4-14)10(16)17/h6-7H,1-5H2,(H,16,17)(H2,11,12,13). The van der Waals surface area contributed by atoms with Crippen LogP contribution in [0.15, 0.2) is 12.4 Å². The number of rotatable bonds is 1. The lowest BCUT2D eigenvalue weighted by Gasteiger charge is -2.21. The van der Waals surface area contributed by atoms with Crippen LogP contribution < -0.4 is 10.6 Å². The second-order valence-electron chi connectivity index (χ2n) is 3.91. The number of carboxylic acid groups (broad SMARTS) is 1. The van der Waals surface area contributed by atoms with Gasteiger partial charge in [0.25, 0.3) is 0 Å². The Labute approximate surface area is 98.9 Å². The summed E-state index contributed by atoms with van der Waals surface area (Å²) in [6.07, 6.45) is 1.34. The second kappa shape index (κ2) is 4.86. The van der Waals surface area contributed by atoms with Crippen LogP contribution in [-0.2, 0) is 0 Å². The van der Waals surface area contributed by atoms with Crippen LogP contribution in [0.3, 0.4) is 0 Å². The predicted molar refractivity (Wildman–Crippen MR) is 62.9 cm³/mol. The molecule has 0 unspecified atom stereocenters. The first-order chi connectivity index (χ1) is 8.16. The Kier molecular flexibility index (Phi) is 3.27. The summed E-state index contributed by atoms with van der Waals surface area (Å²) in [7, 11) is 0. The zero-order valence-electron chi connectivity index (χ0n) is 9.41. The first-order valence-corrected chi connectivity index (χ1v) is 5.47. The molecule has 7 heteroatoms. The number of hydrogen-bond acceptors (Lipinski definition) is 5. The van der Waals surface area contributed by atoms with Crippen molar-refractivity contribution in [3.63, 3.8) is 0 Å². The van der Waals surface area contributed by atoms with Crippen molar-refractivity contribution < 1.29 is 9.90 Å². The number of nitrogens with two attached hydrogens (primary N) is 1. The van der Waals surface area contributed by atoms with Crippen LogP contribution in [0.4, 0.5) is 16.4 Å². The minimum atomic E-state index is -0.867. The second-order valence-corrected chi connectivity index (χ2v) is 3.91. The largest absolute Gasteiger partial charge is 0.465 e. The van der Waals surface area contributed by atoms with Gasteiger partial charge in [-0.3, -0.25) is 0 Å². The molecule has 2 rings (SSSR count). The van der Waals surface area contributed by atoms with Crippen LogP contribution >= 0.6 is 0 Å². The van der Waals surface area contributed by atoms with Crippen molar-refractivity contribution in [2.75, 3.05) is 36.8 Å². The Morgan fingerprint density at radius 2 is 2.12 bits per heavy atom. The lowest BCUT2D eigenvalue weighted by molar-refractivity contribution is 0.148. The van der Waals surface area contributed by atoms with Crippen molar-refractivity contribution in [1.29, 1.82) is 0 Å². The van der Waals surface area contributed by atoms with Gasteiger partial charge in [0, 0.05) is 32.2 Å². The van der Waals surface area contributed by atoms with Gasteiger partial charge in [-0.05, 0) is 6.42 Å². The van der Waals surface area contributed by atoms with E-state index in [1.54, 1.807) is 6.07 Å². The van der Waals surface area contributed by atoms with E-state index in [1.807, 2.05) is 4.90 Å². The highest BCUT2D eigenvalue weighted by Crippen LogP contribution is 2.14. The maximum atomic E-state index is 10.9. The normalized spacial score (nSPS) is 16.7. The Balaban J connectivity index is 2.06. The Morgan fingerprint density at radius 3 is 2.82 bits per heavy atom. The van der Waals surface area contributed by atoms with E-state index < -0.39 is 6.09 Å². The molecule has 7 nitrogen and oxygen atoms in total. The van der Waals surface area contributed by atoms with Crippen LogP contribution in [-0.4, -0.2) is 52.2 Å². The summed E-state index contributed by atoms with van der Waals surface area (Å²) in [5, 5.41) is 8.93. The van der Waals surface area contributed by atoms with Crippen molar-refractivity contribution in [3.05, 3.63) is 12.4 Å². The highest BCUT2D eigenvalue weighted by molar-refractivity contribution is 5.65. The molecule has 3 N–H and O–H groups in total. The van der Waals surface area contributed by atoms with Gasteiger partial charge < -0.3 is 20.6 Å². The molecule has 0 aromatic carbocycles. The number of aromatic nitrogens is 2. The summed E-state index contributed by atoms with van der Waals surface area (Å²) in [6, 6.07) is 1.70. The molecule has 1 amide bonds. The fourth-order valence-corrected chi connectivity index (χ4v) is 1.87. The maximum Gasteiger partial charge on any atom is 0.407 e. The molecule has 92 valence electrons. The lowest BCUT2D eigenvalue weighted by atomic mass is 10.4. The molecule has 0 saturated carbocycles. The van der Waals surface area contributed by atoms with E-state index in [9.17, 15) is 4.79 Å². The molecule has 17 heavy (non-hydrogen) atoms. The molecule has 0 spiro atoms. The Bertz CT molecular complexity index is 411. The summed E-state index contributed by atoms with van der Waals surface area (Å²) < 4.78 is 0. The van der Waals surface area contributed by atoms with Gasteiger partial charge in [0.05, 0.1) is 0 Å². The fraction of sp³-hybridized carbons (Fsp3) is 0.500. The first kappa shape index (κ1) is 11.4. The summed E-state index contributed by atoms with van der Waals surface area (Å²) in [5.41, 5.74) is 5.60. The summed E-state index contributed by atoms with van der Waals surface area (Å²) >= 11 is 0. The van der Waals surface area contributed by atoms with E-state index in [0.717, 1.165) is 18.8 Å². The molecule has 1 saturated heterocycles. The molecule has 1 aliphatic heterocycles. The van der Waals surface area contributed by atoms with Gasteiger partial charge in [-0.15, -0.1) is 0 Å². The van der Waals surface area contributed by atoms with Gasteiger partial charge in [0.2, 0.25) is 0 Å². The number of anilines is 2. The van der Waals surface area contributed by atoms with Crippen LogP contribution in [0.1, 0.15) is 6.42 Å². The predicted octanol–water partition coefficient (Wildman–Crippen LogP) is 0.249. The number of hydrogen-bond donors (Lipinski definition) is 2. The maximum absolute atomic E-state index is 10.9. The number of carbonyl (C=O) groups is 1. The van der Waals surface area contributed by atoms with Crippen molar-refractivity contribution in [2.24, 2.45) is 0 Å². The van der Waals surface area contributed by atoms with Crippen LogP contribution in [0.25, 0.3) is 0 Å². The van der Waals surface area contributed by atoms with Crippen LogP contribution in [0.2, 0.25) is 0 Å². The van der Waals surface area contributed by atoms with Gasteiger partial charge in [0.15, 0.2) is 0 Å².